The number of rotatable bonds is 9. The van der Waals surface area contributed by atoms with Crippen molar-refractivity contribution >= 4 is 54.4 Å². The highest BCUT2D eigenvalue weighted by Crippen LogP contribution is 2.32. The molecule has 1 fully saturated rings. The number of benzene rings is 2. The molecule has 1 aliphatic carbocycles. The van der Waals surface area contributed by atoms with Gasteiger partial charge in [0.1, 0.15) is 0 Å². The lowest BCUT2D eigenvalue weighted by Gasteiger charge is -2.30. The Balaban J connectivity index is 1.59. The van der Waals surface area contributed by atoms with Crippen molar-refractivity contribution in [3.8, 4) is 0 Å². The number of aromatic nitrogens is 1. The third-order valence-corrected chi connectivity index (χ3v) is 10.4. The molecule has 2 aromatic carbocycles. The molecule has 1 heterocycles. The third kappa shape index (κ3) is 5.94. The van der Waals surface area contributed by atoms with Gasteiger partial charge in [-0.1, -0.05) is 30.6 Å². The fraction of sp³-hybridized carbons (Fsp3) is 0.462. The van der Waals surface area contributed by atoms with Crippen LogP contribution in [0.25, 0.3) is 10.2 Å². The number of hydrogen-bond donors (Lipinski definition) is 0. The van der Waals surface area contributed by atoms with Crippen molar-refractivity contribution in [3.63, 3.8) is 0 Å². The first-order chi connectivity index (χ1) is 17.2. The lowest BCUT2D eigenvalue weighted by Crippen LogP contribution is -2.38. The summed E-state index contributed by atoms with van der Waals surface area (Å²) in [6.07, 6.45) is 7.11. The Morgan fingerprint density at radius 1 is 1.03 bits per heavy atom. The Kier molecular flexibility index (Phi) is 8.72. The highest BCUT2D eigenvalue weighted by Gasteiger charge is 2.29. The van der Waals surface area contributed by atoms with E-state index < -0.39 is 10.0 Å². The number of hydrogen-bond acceptors (Lipinski definition) is 7. The van der Waals surface area contributed by atoms with Gasteiger partial charge in [-0.25, -0.2) is 13.4 Å². The van der Waals surface area contributed by atoms with Crippen LogP contribution in [0.15, 0.2) is 52.3 Å². The monoisotopic (exact) mass is 546 g/mol. The summed E-state index contributed by atoms with van der Waals surface area (Å²) in [6, 6.07) is 12.5. The van der Waals surface area contributed by atoms with Gasteiger partial charge in [-0.2, -0.15) is 4.31 Å². The molecule has 10 heteroatoms. The third-order valence-electron chi connectivity index (χ3n) is 6.70. The fourth-order valence-corrected chi connectivity index (χ4v) is 7.41. The summed E-state index contributed by atoms with van der Waals surface area (Å²) in [5.74, 6) is -0.189. The molecule has 4 rings (SSSR count). The van der Waals surface area contributed by atoms with E-state index in [0.717, 1.165) is 40.8 Å². The zero-order valence-electron chi connectivity index (χ0n) is 21.3. The van der Waals surface area contributed by atoms with E-state index in [-0.39, 0.29) is 16.8 Å². The summed E-state index contributed by atoms with van der Waals surface area (Å²) in [5.41, 5.74) is 1.31. The van der Waals surface area contributed by atoms with Gasteiger partial charge in [-0.15, -0.1) is 11.8 Å². The van der Waals surface area contributed by atoms with E-state index in [0.29, 0.717) is 23.8 Å². The topological polar surface area (TPSA) is 73.8 Å². The largest absolute Gasteiger partial charge is 0.308 e. The Bertz CT molecular complexity index is 1300. The summed E-state index contributed by atoms with van der Waals surface area (Å²) in [5, 5.41) is 0.642. The minimum absolute atomic E-state index is 0.0391. The summed E-state index contributed by atoms with van der Waals surface area (Å²) in [7, 11) is 1.99. The van der Waals surface area contributed by atoms with Gasteiger partial charge in [0.2, 0.25) is 10.0 Å². The number of anilines is 1. The number of sulfonamides is 1. The van der Waals surface area contributed by atoms with Gasteiger partial charge in [-0.3, -0.25) is 9.69 Å². The summed E-state index contributed by atoms with van der Waals surface area (Å²) in [4.78, 5) is 23.4. The van der Waals surface area contributed by atoms with Crippen LogP contribution in [0.2, 0.25) is 0 Å². The quantitative estimate of drug-likeness (QED) is 0.345. The number of carbonyl (C=O) groups is 1. The van der Waals surface area contributed by atoms with Crippen molar-refractivity contribution in [3.05, 3.63) is 48.0 Å². The maximum atomic E-state index is 13.6. The minimum atomic E-state index is -3.61. The molecule has 0 bridgehead atoms. The fourth-order valence-electron chi connectivity index (χ4n) is 4.45. The molecule has 0 radical (unpaired) electrons. The van der Waals surface area contributed by atoms with Crippen LogP contribution >= 0.6 is 23.1 Å². The average molecular weight is 547 g/mol. The van der Waals surface area contributed by atoms with E-state index in [1.54, 1.807) is 48.0 Å². The number of likely N-dealkylation sites (N-methyl/N-ethyl adjacent to an activating group) is 1. The molecular weight excluding hydrogens is 513 g/mol. The van der Waals surface area contributed by atoms with Crippen LogP contribution in [0, 0.1) is 0 Å². The van der Waals surface area contributed by atoms with E-state index in [2.05, 4.69) is 6.07 Å². The molecule has 0 atom stereocenters. The molecule has 0 N–H and O–H groups in total. The van der Waals surface area contributed by atoms with Crippen LogP contribution < -0.4 is 4.90 Å². The van der Waals surface area contributed by atoms with E-state index in [4.69, 9.17) is 4.98 Å². The lowest BCUT2D eigenvalue weighted by molar-refractivity contribution is 0.0985. The molecule has 0 unspecified atom stereocenters. The minimum Gasteiger partial charge on any atom is -0.308 e. The predicted octanol–water partition coefficient (Wildman–Crippen LogP) is 5.18. The molecule has 1 amide bonds. The Morgan fingerprint density at radius 2 is 1.72 bits per heavy atom. The van der Waals surface area contributed by atoms with Gasteiger partial charge in [-0.05, 0) is 75.7 Å². The SMILES string of the molecule is CSc1ccc2nc(N(CCN(C)C)C(=O)c3ccc(S(=O)(=O)N(C)C4CCCCC4)cc3)sc2c1. The number of carbonyl (C=O) groups excluding carboxylic acids is 1. The van der Waals surface area contributed by atoms with Crippen LogP contribution in [-0.2, 0) is 10.0 Å². The Hall–Kier alpha value is -1.98. The van der Waals surface area contributed by atoms with Crippen molar-refractivity contribution in [2.75, 3.05) is 45.4 Å². The first-order valence-corrected chi connectivity index (χ1v) is 15.7. The molecule has 194 valence electrons. The molecular formula is C26H34N4O3S3. The second-order valence-electron chi connectivity index (χ2n) is 9.43. The number of thioether (sulfide) groups is 1. The smallest absolute Gasteiger partial charge is 0.260 e. The van der Waals surface area contributed by atoms with Crippen LogP contribution in [0.5, 0.6) is 0 Å². The van der Waals surface area contributed by atoms with Crippen LogP contribution in [0.1, 0.15) is 42.5 Å². The predicted molar refractivity (Wildman–Crippen MR) is 150 cm³/mol. The van der Waals surface area contributed by atoms with E-state index >= 15 is 0 Å². The van der Waals surface area contributed by atoms with Crippen LogP contribution in [0.4, 0.5) is 5.13 Å². The molecule has 0 saturated heterocycles. The Labute approximate surface area is 222 Å². The zero-order valence-corrected chi connectivity index (χ0v) is 23.8. The van der Waals surface area contributed by atoms with Gasteiger partial charge >= 0.3 is 0 Å². The van der Waals surface area contributed by atoms with Crippen LogP contribution in [0.3, 0.4) is 0 Å². The molecule has 1 aliphatic rings. The standard InChI is InChI=1S/C26H34N4O3S3/c1-28(2)16-17-30(26-27-23-15-12-21(34-4)18-24(23)35-26)25(31)19-10-13-22(14-11-19)36(32,33)29(3)20-8-6-5-7-9-20/h10-15,18,20H,5-9,16-17H2,1-4H3. The maximum Gasteiger partial charge on any atom is 0.260 e. The first-order valence-electron chi connectivity index (χ1n) is 12.2. The van der Waals surface area contributed by atoms with Gasteiger partial charge in [0.25, 0.3) is 5.91 Å². The maximum absolute atomic E-state index is 13.6. The number of amides is 1. The molecule has 0 aliphatic heterocycles. The van der Waals surface area contributed by atoms with Crippen molar-refractivity contribution in [2.24, 2.45) is 0 Å². The lowest BCUT2D eigenvalue weighted by atomic mass is 9.96. The molecule has 1 aromatic heterocycles. The van der Waals surface area contributed by atoms with Gasteiger partial charge in [0.15, 0.2) is 5.13 Å². The van der Waals surface area contributed by atoms with Crippen LogP contribution in [-0.4, -0.2) is 75.0 Å². The molecule has 36 heavy (non-hydrogen) atoms. The summed E-state index contributed by atoms with van der Waals surface area (Å²) >= 11 is 3.17. The Morgan fingerprint density at radius 3 is 2.36 bits per heavy atom. The van der Waals surface area contributed by atoms with Gasteiger partial charge in [0, 0.05) is 36.6 Å². The number of thiazole rings is 1. The number of nitrogens with zero attached hydrogens (tertiary/aromatic N) is 4. The molecule has 3 aromatic rings. The molecule has 7 nitrogen and oxygen atoms in total. The van der Waals surface area contributed by atoms with E-state index in [1.165, 1.54) is 22.1 Å². The van der Waals surface area contributed by atoms with Gasteiger partial charge < -0.3 is 4.90 Å². The molecule has 0 spiro atoms. The van der Waals surface area contributed by atoms with E-state index in [9.17, 15) is 13.2 Å². The van der Waals surface area contributed by atoms with Gasteiger partial charge in [0.05, 0.1) is 15.1 Å². The average Bonchev–Trinajstić information content (AvgIpc) is 3.31. The number of fused-ring (bicyclic) bond motifs is 1. The normalized spacial score (nSPS) is 15.2. The second kappa shape index (κ2) is 11.6. The van der Waals surface area contributed by atoms with Crippen molar-refractivity contribution in [1.82, 2.24) is 14.2 Å². The second-order valence-corrected chi connectivity index (χ2v) is 13.3. The highest BCUT2D eigenvalue weighted by atomic mass is 32.2. The first kappa shape index (κ1) is 27.1. The summed E-state index contributed by atoms with van der Waals surface area (Å²) in [6.45, 7) is 1.15. The van der Waals surface area contributed by atoms with E-state index in [1.807, 2.05) is 37.4 Å². The highest BCUT2D eigenvalue weighted by molar-refractivity contribution is 7.98. The zero-order chi connectivity index (χ0) is 25.9. The summed E-state index contributed by atoms with van der Waals surface area (Å²) < 4.78 is 29.0. The van der Waals surface area contributed by atoms with Crippen molar-refractivity contribution in [2.45, 2.75) is 47.9 Å². The van der Waals surface area contributed by atoms with Crippen molar-refractivity contribution < 1.29 is 13.2 Å². The van der Waals surface area contributed by atoms with Crippen molar-refractivity contribution in [1.29, 1.82) is 0 Å². The molecule has 1 saturated carbocycles.